The second-order valence-electron chi connectivity index (χ2n) is 7.15. The average Bonchev–Trinajstić information content (AvgIpc) is 3.25. The smallest absolute Gasteiger partial charge is 0.344 e. The van der Waals surface area contributed by atoms with Gasteiger partial charge in [0.15, 0.2) is 5.65 Å². The van der Waals surface area contributed by atoms with E-state index in [2.05, 4.69) is 11.2 Å². The van der Waals surface area contributed by atoms with Crippen molar-refractivity contribution in [3.05, 3.63) is 63.7 Å². The summed E-state index contributed by atoms with van der Waals surface area (Å²) in [6.45, 7) is 8.10. The van der Waals surface area contributed by atoms with Gasteiger partial charge in [-0.2, -0.15) is 5.10 Å². The molecule has 7 heteroatoms. The molecule has 0 aliphatic heterocycles. The van der Waals surface area contributed by atoms with Crippen LogP contribution < -0.4 is 4.74 Å². The highest BCUT2D eigenvalue weighted by Crippen LogP contribution is 2.33. The molecular weight excluding hydrogens is 389 g/mol. The van der Waals surface area contributed by atoms with Crippen LogP contribution in [0.1, 0.15) is 40.0 Å². The molecule has 0 aliphatic carbocycles. The van der Waals surface area contributed by atoms with Crippen LogP contribution in [-0.2, 0) is 0 Å². The zero-order chi connectivity index (χ0) is 20.7. The lowest BCUT2D eigenvalue weighted by Gasteiger charge is -2.10. The summed E-state index contributed by atoms with van der Waals surface area (Å²) in [5.41, 5.74) is 2.70. The summed E-state index contributed by atoms with van der Waals surface area (Å²) in [7, 11) is 0. The summed E-state index contributed by atoms with van der Waals surface area (Å²) < 4.78 is 20.4. The number of ether oxygens (including phenoxy) is 1. The number of hydrogen-bond donors (Lipinski definition) is 0. The third kappa shape index (κ3) is 3.65. The molecule has 4 aromatic rings. The fraction of sp³-hybridized carbons (Fsp3) is 0.227. The van der Waals surface area contributed by atoms with Crippen molar-refractivity contribution >= 4 is 28.3 Å². The number of aryl methyl sites for hydroxylation is 2. The van der Waals surface area contributed by atoms with Crippen LogP contribution in [-0.4, -0.2) is 20.7 Å². The summed E-state index contributed by atoms with van der Waals surface area (Å²) in [6, 6.07) is 9.26. The minimum absolute atomic E-state index is 0.0847. The number of aromatic nitrogens is 3. The Morgan fingerprint density at radius 1 is 1.17 bits per heavy atom. The van der Waals surface area contributed by atoms with Crippen molar-refractivity contribution in [3.63, 3.8) is 0 Å². The van der Waals surface area contributed by atoms with Crippen molar-refractivity contribution in [3.8, 4) is 17.0 Å². The van der Waals surface area contributed by atoms with E-state index in [1.165, 1.54) is 29.1 Å². The quantitative estimate of drug-likeness (QED) is 0.320. The van der Waals surface area contributed by atoms with Crippen molar-refractivity contribution < 1.29 is 13.9 Å². The van der Waals surface area contributed by atoms with E-state index < -0.39 is 5.97 Å². The molecule has 1 aromatic carbocycles. The summed E-state index contributed by atoms with van der Waals surface area (Å²) in [4.78, 5) is 20.1. The zero-order valence-corrected chi connectivity index (χ0v) is 17.4. The molecule has 0 amide bonds. The van der Waals surface area contributed by atoms with Gasteiger partial charge in [-0.3, -0.25) is 0 Å². The SMILES string of the molecule is Cc1cc(-c2cc(C(=O)Oc3ccc(F)cc3)c3cnn(C(C)C)c3n2)c(C)s1. The first-order valence-corrected chi connectivity index (χ1v) is 10.1. The summed E-state index contributed by atoms with van der Waals surface area (Å²) >= 11 is 1.69. The van der Waals surface area contributed by atoms with Gasteiger partial charge in [-0.15, -0.1) is 11.3 Å². The van der Waals surface area contributed by atoms with Crippen molar-refractivity contribution in [1.82, 2.24) is 14.8 Å². The highest BCUT2D eigenvalue weighted by Gasteiger charge is 2.21. The third-order valence-electron chi connectivity index (χ3n) is 4.62. The van der Waals surface area contributed by atoms with Gasteiger partial charge in [0.2, 0.25) is 0 Å². The predicted octanol–water partition coefficient (Wildman–Crippen LogP) is 5.72. The van der Waals surface area contributed by atoms with E-state index in [0.717, 1.165) is 10.4 Å². The maximum Gasteiger partial charge on any atom is 0.344 e. The maximum atomic E-state index is 13.2. The molecule has 0 radical (unpaired) electrons. The minimum atomic E-state index is -0.529. The molecule has 0 spiro atoms. The Hall–Kier alpha value is -3.06. The Morgan fingerprint density at radius 2 is 1.90 bits per heavy atom. The Morgan fingerprint density at radius 3 is 2.52 bits per heavy atom. The van der Waals surface area contributed by atoms with Crippen LogP contribution in [0.15, 0.2) is 42.6 Å². The van der Waals surface area contributed by atoms with Gasteiger partial charge in [0.1, 0.15) is 11.6 Å². The summed E-state index contributed by atoms with van der Waals surface area (Å²) in [5, 5.41) is 5.04. The lowest BCUT2D eigenvalue weighted by atomic mass is 10.1. The van der Waals surface area contributed by atoms with E-state index in [1.807, 2.05) is 27.7 Å². The second kappa shape index (κ2) is 7.40. The molecule has 0 aliphatic rings. The Balaban J connectivity index is 1.86. The summed E-state index contributed by atoms with van der Waals surface area (Å²) in [5.74, 6) is -0.639. The van der Waals surface area contributed by atoms with E-state index in [-0.39, 0.29) is 17.6 Å². The number of carbonyl (C=O) groups excluding carboxylic acids is 1. The molecule has 29 heavy (non-hydrogen) atoms. The third-order valence-corrected chi connectivity index (χ3v) is 5.58. The lowest BCUT2D eigenvalue weighted by Crippen LogP contribution is -2.11. The molecule has 3 aromatic heterocycles. The first-order chi connectivity index (χ1) is 13.8. The molecule has 0 saturated carbocycles. The number of benzene rings is 1. The molecule has 5 nitrogen and oxygen atoms in total. The molecule has 0 bridgehead atoms. The average molecular weight is 409 g/mol. The number of carbonyl (C=O) groups is 1. The van der Waals surface area contributed by atoms with E-state index in [4.69, 9.17) is 9.72 Å². The molecule has 0 unspecified atom stereocenters. The maximum absolute atomic E-state index is 13.2. The standard InChI is InChI=1S/C22H20FN3O2S/c1-12(2)26-21-19(11-24-26)18(22(27)28-16-7-5-15(23)6-8-16)10-20(25-21)17-9-13(3)29-14(17)4/h5-12H,1-4H3. The van der Waals surface area contributed by atoms with Crippen LogP contribution in [0.25, 0.3) is 22.3 Å². The van der Waals surface area contributed by atoms with Crippen LogP contribution >= 0.6 is 11.3 Å². The van der Waals surface area contributed by atoms with Crippen LogP contribution in [0.3, 0.4) is 0 Å². The number of rotatable bonds is 4. The second-order valence-corrected chi connectivity index (χ2v) is 8.61. The highest BCUT2D eigenvalue weighted by molar-refractivity contribution is 7.12. The van der Waals surface area contributed by atoms with Crippen LogP contribution in [0.2, 0.25) is 0 Å². The Bertz CT molecular complexity index is 1210. The Kier molecular flexibility index (Phi) is 4.92. The minimum Gasteiger partial charge on any atom is -0.423 e. The van der Waals surface area contributed by atoms with Crippen LogP contribution in [0.5, 0.6) is 5.75 Å². The number of pyridine rings is 1. The van der Waals surface area contributed by atoms with Crippen LogP contribution in [0.4, 0.5) is 4.39 Å². The van der Waals surface area contributed by atoms with E-state index in [9.17, 15) is 9.18 Å². The van der Waals surface area contributed by atoms with Crippen molar-refractivity contribution in [2.45, 2.75) is 33.7 Å². The zero-order valence-electron chi connectivity index (χ0n) is 16.6. The summed E-state index contributed by atoms with van der Waals surface area (Å²) in [6.07, 6.45) is 1.64. The van der Waals surface area contributed by atoms with Gasteiger partial charge in [-0.25, -0.2) is 18.9 Å². The van der Waals surface area contributed by atoms with Crippen molar-refractivity contribution in [2.24, 2.45) is 0 Å². The van der Waals surface area contributed by atoms with E-state index in [1.54, 1.807) is 28.3 Å². The van der Waals surface area contributed by atoms with Gasteiger partial charge >= 0.3 is 5.97 Å². The molecule has 0 atom stereocenters. The number of fused-ring (bicyclic) bond motifs is 1. The van der Waals surface area contributed by atoms with Gasteiger partial charge in [0.25, 0.3) is 0 Å². The van der Waals surface area contributed by atoms with E-state index in [0.29, 0.717) is 22.3 Å². The number of esters is 1. The van der Waals surface area contributed by atoms with Crippen LogP contribution in [0, 0.1) is 19.7 Å². The largest absolute Gasteiger partial charge is 0.423 e. The van der Waals surface area contributed by atoms with E-state index >= 15 is 0 Å². The molecule has 0 N–H and O–H groups in total. The van der Waals surface area contributed by atoms with Gasteiger partial charge in [-0.05, 0) is 64.1 Å². The molecule has 0 saturated heterocycles. The molecule has 3 heterocycles. The van der Waals surface area contributed by atoms with Crippen molar-refractivity contribution in [1.29, 1.82) is 0 Å². The fourth-order valence-electron chi connectivity index (χ4n) is 3.25. The predicted molar refractivity (Wildman–Crippen MR) is 112 cm³/mol. The molecule has 4 rings (SSSR count). The van der Waals surface area contributed by atoms with Crippen molar-refractivity contribution in [2.75, 3.05) is 0 Å². The fourth-order valence-corrected chi connectivity index (χ4v) is 4.19. The molecule has 0 fully saturated rings. The lowest BCUT2D eigenvalue weighted by molar-refractivity contribution is 0.0736. The normalized spacial score (nSPS) is 11.4. The first-order valence-electron chi connectivity index (χ1n) is 9.27. The number of hydrogen-bond acceptors (Lipinski definition) is 5. The topological polar surface area (TPSA) is 57.0 Å². The van der Waals surface area contributed by atoms with Gasteiger partial charge < -0.3 is 4.74 Å². The Labute approximate surface area is 171 Å². The monoisotopic (exact) mass is 409 g/mol. The van der Waals surface area contributed by atoms with Gasteiger partial charge in [0, 0.05) is 21.4 Å². The first kappa shape index (κ1) is 19.3. The number of halogens is 1. The van der Waals surface area contributed by atoms with Gasteiger partial charge in [-0.1, -0.05) is 0 Å². The number of nitrogens with zero attached hydrogens (tertiary/aromatic N) is 3. The highest BCUT2D eigenvalue weighted by atomic mass is 32.1. The number of thiophene rings is 1. The molecule has 148 valence electrons. The van der Waals surface area contributed by atoms with Gasteiger partial charge in [0.05, 0.1) is 22.8 Å². The molecular formula is C22H20FN3O2S.